The third kappa shape index (κ3) is 11.4. The zero-order valence-electron chi connectivity index (χ0n) is 8.39. The molecule has 0 aromatic carbocycles. The zero-order valence-corrected chi connectivity index (χ0v) is 8.39. The second kappa shape index (κ2) is 8.05. The van der Waals surface area contributed by atoms with Gasteiger partial charge >= 0.3 is 5.97 Å². The Kier molecular flexibility index (Phi) is 9.24. The van der Waals surface area contributed by atoms with Crippen molar-refractivity contribution < 1.29 is 9.53 Å². The van der Waals surface area contributed by atoms with Gasteiger partial charge in [0.25, 0.3) is 0 Å². The first-order valence-electron chi connectivity index (χ1n) is 4.41. The van der Waals surface area contributed by atoms with Gasteiger partial charge in [-0.15, -0.1) is 0 Å². The molecule has 13 heavy (non-hydrogen) atoms. The molecule has 0 rings (SSSR count). The molecule has 0 spiro atoms. The molecule has 3 heteroatoms. The normalized spacial score (nSPS) is 10.0. The molecule has 0 radical (unpaired) electrons. The van der Waals surface area contributed by atoms with E-state index in [4.69, 9.17) is 4.74 Å². The van der Waals surface area contributed by atoms with Crippen LogP contribution in [0.5, 0.6) is 0 Å². The maximum Gasteiger partial charge on any atom is 0.319 e. The van der Waals surface area contributed by atoms with E-state index in [1.54, 1.807) is 0 Å². The predicted molar refractivity (Wildman–Crippen MR) is 55.7 cm³/mol. The van der Waals surface area contributed by atoms with Crippen molar-refractivity contribution >= 4 is 5.97 Å². The summed E-state index contributed by atoms with van der Waals surface area (Å²) in [5, 5.41) is 2.99. The first-order valence-corrected chi connectivity index (χ1v) is 4.41. The van der Waals surface area contributed by atoms with E-state index in [0.717, 1.165) is 0 Å². The van der Waals surface area contributed by atoms with Crippen molar-refractivity contribution in [1.29, 1.82) is 0 Å². The van der Waals surface area contributed by atoms with E-state index < -0.39 is 0 Å². The Hall–Kier alpha value is -0.570. The van der Waals surface area contributed by atoms with Crippen LogP contribution in [0.2, 0.25) is 0 Å². The van der Waals surface area contributed by atoms with Gasteiger partial charge in [-0.1, -0.05) is 35.1 Å². The van der Waals surface area contributed by atoms with E-state index in [-0.39, 0.29) is 13.4 Å². The predicted octanol–water partition coefficient (Wildman–Crippen LogP) is 1.82. The molecule has 0 amide bonds. The van der Waals surface area contributed by atoms with Gasteiger partial charge < -0.3 is 10.1 Å². The van der Waals surface area contributed by atoms with Gasteiger partial charge in [-0.3, -0.25) is 4.79 Å². The van der Waals surface area contributed by atoms with Gasteiger partial charge in [0.05, 0.1) is 13.2 Å². The monoisotopic (exact) mass is 189 g/mol. The summed E-state index contributed by atoms with van der Waals surface area (Å²) in [5.74, 6) is 0.241. The number of hydrogen-bond donors (Lipinski definition) is 1. The topological polar surface area (TPSA) is 38.3 Å². The Morgan fingerprint density at radius 2 is 1.85 bits per heavy atom. The highest BCUT2D eigenvalue weighted by Gasteiger charge is 2.03. The zero-order chi connectivity index (χ0) is 9.56. The average Bonchev–Trinajstić information content (AvgIpc) is 1.96. The number of rotatable bonds is 5. The van der Waals surface area contributed by atoms with Gasteiger partial charge in [-0.25, -0.2) is 0 Å². The number of carbonyl (C=O) groups excluding carboxylic acids is 1. The molecule has 0 bridgehead atoms. The summed E-state index contributed by atoms with van der Waals surface area (Å²) in [4.78, 5) is 11.0. The standard InChI is InChI=1S/C9H19NO2.CH4/c1-7(2)6-12-9(11)5-10-8(3)4;/h7-8,10H,5-6H2,1-4H3;1H4. The van der Waals surface area contributed by atoms with Crippen molar-refractivity contribution in [2.45, 2.75) is 41.2 Å². The minimum Gasteiger partial charge on any atom is -0.464 e. The average molecular weight is 189 g/mol. The fraction of sp³-hybridized carbons (Fsp3) is 0.900. The molecule has 0 aliphatic heterocycles. The summed E-state index contributed by atoms with van der Waals surface area (Å²) in [7, 11) is 0. The first-order chi connectivity index (χ1) is 5.52. The van der Waals surface area contributed by atoms with Crippen LogP contribution in [0.1, 0.15) is 35.1 Å². The summed E-state index contributed by atoms with van der Waals surface area (Å²) >= 11 is 0. The molecule has 80 valence electrons. The molecule has 0 aliphatic carbocycles. The lowest BCUT2D eigenvalue weighted by atomic mass is 10.2. The highest BCUT2D eigenvalue weighted by atomic mass is 16.5. The molecule has 0 saturated heterocycles. The van der Waals surface area contributed by atoms with Gasteiger partial charge in [0.15, 0.2) is 0 Å². The minimum atomic E-state index is -0.169. The van der Waals surface area contributed by atoms with E-state index >= 15 is 0 Å². The lowest BCUT2D eigenvalue weighted by Crippen LogP contribution is -2.30. The van der Waals surface area contributed by atoms with Gasteiger partial charge in [0, 0.05) is 6.04 Å². The van der Waals surface area contributed by atoms with Crippen molar-refractivity contribution in [3.63, 3.8) is 0 Å². The molecule has 0 unspecified atom stereocenters. The van der Waals surface area contributed by atoms with Crippen molar-refractivity contribution in [2.24, 2.45) is 5.92 Å². The lowest BCUT2D eigenvalue weighted by Gasteiger charge is -2.09. The molecule has 0 aromatic heterocycles. The largest absolute Gasteiger partial charge is 0.464 e. The Balaban J connectivity index is 0. The van der Waals surface area contributed by atoms with Crippen LogP contribution in [0.3, 0.4) is 0 Å². The molecule has 0 saturated carbocycles. The SMILES string of the molecule is C.CC(C)COC(=O)CNC(C)C. The Morgan fingerprint density at radius 1 is 1.31 bits per heavy atom. The molecule has 3 nitrogen and oxygen atoms in total. The number of ether oxygens (including phenoxy) is 1. The summed E-state index contributed by atoms with van der Waals surface area (Å²) in [5.41, 5.74) is 0. The van der Waals surface area contributed by atoms with Crippen LogP contribution in [-0.2, 0) is 9.53 Å². The molecular formula is C10H23NO2. The molecular weight excluding hydrogens is 166 g/mol. The maximum atomic E-state index is 11.0. The van der Waals surface area contributed by atoms with E-state index in [1.807, 2.05) is 27.7 Å². The van der Waals surface area contributed by atoms with Crippen LogP contribution < -0.4 is 5.32 Å². The summed E-state index contributed by atoms with van der Waals surface area (Å²) in [6, 6.07) is 0.330. The molecule has 0 aliphatic rings. The van der Waals surface area contributed by atoms with Crippen LogP contribution in [-0.4, -0.2) is 25.2 Å². The van der Waals surface area contributed by atoms with E-state index in [9.17, 15) is 4.79 Å². The number of carbonyl (C=O) groups is 1. The Labute approximate surface area is 81.9 Å². The first kappa shape index (κ1) is 14.9. The van der Waals surface area contributed by atoms with Gasteiger partial charge in [-0.2, -0.15) is 0 Å². The van der Waals surface area contributed by atoms with Crippen molar-refractivity contribution in [1.82, 2.24) is 5.32 Å². The van der Waals surface area contributed by atoms with E-state index in [0.29, 0.717) is 25.1 Å². The fourth-order valence-electron chi connectivity index (χ4n) is 0.598. The number of esters is 1. The van der Waals surface area contributed by atoms with Crippen LogP contribution in [0, 0.1) is 5.92 Å². The Morgan fingerprint density at radius 3 is 2.23 bits per heavy atom. The van der Waals surface area contributed by atoms with Crippen molar-refractivity contribution in [2.75, 3.05) is 13.2 Å². The maximum absolute atomic E-state index is 11.0. The second-order valence-corrected chi connectivity index (χ2v) is 3.61. The molecule has 1 N–H and O–H groups in total. The molecule has 0 atom stereocenters. The van der Waals surface area contributed by atoms with Gasteiger partial charge in [0.1, 0.15) is 0 Å². The third-order valence-electron chi connectivity index (χ3n) is 1.23. The summed E-state index contributed by atoms with van der Waals surface area (Å²) < 4.78 is 4.95. The minimum absolute atomic E-state index is 0. The third-order valence-corrected chi connectivity index (χ3v) is 1.23. The summed E-state index contributed by atoms with van der Waals surface area (Å²) in [6.45, 7) is 8.85. The summed E-state index contributed by atoms with van der Waals surface area (Å²) in [6.07, 6.45) is 0. The Bertz CT molecular complexity index is 119. The molecule has 0 fully saturated rings. The highest BCUT2D eigenvalue weighted by molar-refractivity contribution is 5.71. The highest BCUT2D eigenvalue weighted by Crippen LogP contribution is 1.92. The fourth-order valence-corrected chi connectivity index (χ4v) is 0.598. The van der Waals surface area contributed by atoms with Gasteiger partial charge in [-0.05, 0) is 5.92 Å². The number of nitrogens with one attached hydrogen (secondary N) is 1. The number of hydrogen-bond acceptors (Lipinski definition) is 3. The molecule has 0 aromatic rings. The van der Waals surface area contributed by atoms with Crippen LogP contribution in [0.4, 0.5) is 0 Å². The van der Waals surface area contributed by atoms with E-state index in [2.05, 4.69) is 5.32 Å². The smallest absolute Gasteiger partial charge is 0.319 e. The quantitative estimate of drug-likeness (QED) is 0.670. The second-order valence-electron chi connectivity index (χ2n) is 3.61. The lowest BCUT2D eigenvalue weighted by molar-refractivity contribution is -0.143. The molecule has 0 heterocycles. The van der Waals surface area contributed by atoms with Crippen molar-refractivity contribution in [3.8, 4) is 0 Å². The van der Waals surface area contributed by atoms with Crippen LogP contribution in [0.15, 0.2) is 0 Å². The van der Waals surface area contributed by atoms with Crippen LogP contribution >= 0.6 is 0 Å². The van der Waals surface area contributed by atoms with Crippen LogP contribution in [0.25, 0.3) is 0 Å². The van der Waals surface area contributed by atoms with Crippen molar-refractivity contribution in [3.05, 3.63) is 0 Å². The van der Waals surface area contributed by atoms with Gasteiger partial charge in [0.2, 0.25) is 0 Å². The van der Waals surface area contributed by atoms with E-state index in [1.165, 1.54) is 0 Å².